The van der Waals surface area contributed by atoms with Crippen LogP contribution in [-0.2, 0) is 13.0 Å². The first kappa shape index (κ1) is 72.3. The SMILES string of the molecule is C1=CC2C=CSC2N=C1.C1=CC2N=CN=CC2S1.c1ccc2[nH]ccc2c1.c1ccc2[nH]ccc2c1.c1ccc2c(c1)cc1n2CCCC1.c1ccc2ncccc2c1.c1ccc2ncccc2c1.c1ccc2ncncc2c1.c1ccn2cccc2c1.c1cnc2cncnc2c1.c1cnn2cccc2c1. The summed E-state index contributed by atoms with van der Waals surface area (Å²) in [4.78, 5) is 46.9. The molecular formula is C89H78N16S2. The van der Waals surface area contributed by atoms with Crippen molar-refractivity contribution >= 4 is 130 Å². The molecule has 0 radical (unpaired) electrons. The summed E-state index contributed by atoms with van der Waals surface area (Å²) < 4.78 is 6.39. The number of aryl methyl sites for hydroxylation is 2. The largest absolute Gasteiger partial charge is 0.361 e. The molecule has 2 N–H and O–H groups in total. The lowest BCUT2D eigenvalue weighted by molar-refractivity contribution is 0.545. The molecule has 16 nitrogen and oxygen atoms in total. The monoisotopic (exact) mass is 1430 g/mol. The van der Waals surface area contributed by atoms with E-state index >= 15 is 0 Å². The van der Waals surface area contributed by atoms with Gasteiger partial charge in [0.15, 0.2) is 0 Å². The van der Waals surface area contributed by atoms with E-state index in [1.807, 2.05) is 224 Å². The molecule has 5 aliphatic rings. The Kier molecular flexibility index (Phi) is 26.4. The molecule has 0 bridgehead atoms. The number of nitrogens with zero attached hydrogens (tertiary/aromatic N) is 14. The lowest BCUT2D eigenvalue weighted by Gasteiger charge is -2.15. The fraction of sp³-hybridized carbons (Fsp3) is 0.0899. The van der Waals surface area contributed by atoms with Crippen molar-refractivity contribution in [2.45, 2.75) is 42.5 Å². The number of fused-ring (bicyclic) bond motifs is 13. The Bertz CT molecular complexity index is 4950. The average molecular weight is 1440 g/mol. The average Bonchev–Trinajstić information content (AvgIpc) is 1.64. The number of nitrogens with one attached hydrogen (secondary N) is 2. The number of para-hydroxylation sites is 6. The van der Waals surface area contributed by atoms with Gasteiger partial charge in [-0.2, -0.15) is 5.10 Å². The highest BCUT2D eigenvalue weighted by Gasteiger charge is 2.22. The van der Waals surface area contributed by atoms with Crippen LogP contribution in [0.25, 0.3) is 87.5 Å². The van der Waals surface area contributed by atoms with E-state index in [0.717, 1.165) is 38.5 Å². The summed E-state index contributed by atoms with van der Waals surface area (Å²) in [5.41, 5.74) is 12.6. The van der Waals surface area contributed by atoms with Crippen LogP contribution in [-0.4, -0.2) is 98.9 Å². The van der Waals surface area contributed by atoms with Crippen LogP contribution in [0.1, 0.15) is 18.5 Å². The van der Waals surface area contributed by atoms with Crippen molar-refractivity contribution in [1.29, 1.82) is 0 Å². The van der Waals surface area contributed by atoms with Crippen LogP contribution in [0.2, 0.25) is 0 Å². The lowest BCUT2D eigenvalue weighted by atomic mass is 10.1. The molecule has 0 spiro atoms. The Labute approximate surface area is 629 Å². The van der Waals surface area contributed by atoms with Gasteiger partial charge in [-0.1, -0.05) is 146 Å². The van der Waals surface area contributed by atoms with Gasteiger partial charge in [0.05, 0.1) is 45.1 Å². The third-order valence-corrected chi connectivity index (χ3v) is 19.3. The number of dihydropyridines is 1. The van der Waals surface area contributed by atoms with Gasteiger partial charge in [0.1, 0.15) is 29.9 Å². The van der Waals surface area contributed by atoms with Crippen LogP contribution in [0.4, 0.5) is 0 Å². The molecule has 0 amide bonds. The highest BCUT2D eigenvalue weighted by atomic mass is 32.2. The van der Waals surface area contributed by atoms with Crippen molar-refractivity contribution in [2.24, 2.45) is 20.9 Å². The number of hydrogen-bond donors (Lipinski definition) is 2. The molecule has 0 fully saturated rings. The molecule has 107 heavy (non-hydrogen) atoms. The fourth-order valence-electron chi connectivity index (χ4n) is 11.8. The summed E-state index contributed by atoms with van der Waals surface area (Å²) >= 11 is 3.58. The van der Waals surface area contributed by atoms with Gasteiger partial charge in [-0.3, -0.25) is 24.9 Å². The van der Waals surface area contributed by atoms with Gasteiger partial charge < -0.3 is 18.9 Å². The maximum atomic E-state index is 4.28. The van der Waals surface area contributed by atoms with E-state index in [1.165, 1.54) is 86.8 Å². The summed E-state index contributed by atoms with van der Waals surface area (Å²) in [6.07, 6.45) is 41.5. The van der Waals surface area contributed by atoms with E-state index in [2.05, 4.69) is 206 Å². The molecule has 5 aliphatic heterocycles. The third-order valence-electron chi connectivity index (χ3n) is 17.2. The number of thioether (sulfide) groups is 2. The second-order valence-electron chi connectivity index (χ2n) is 24.4. The zero-order valence-electron chi connectivity index (χ0n) is 58.7. The summed E-state index contributed by atoms with van der Waals surface area (Å²) in [5.74, 6) is 0.569. The smallest absolute Gasteiger partial charge is 0.116 e. The van der Waals surface area contributed by atoms with Crippen molar-refractivity contribution in [2.75, 3.05) is 0 Å². The number of aromatic amines is 2. The summed E-state index contributed by atoms with van der Waals surface area (Å²) in [6, 6.07) is 86.0. The van der Waals surface area contributed by atoms with E-state index in [0.29, 0.717) is 22.6 Å². The minimum atomic E-state index is 0.368. The topological polar surface area (TPSA) is 186 Å². The molecule has 526 valence electrons. The van der Waals surface area contributed by atoms with Gasteiger partial charge in [0.2, 0.25) is 0 Å². The Hall–Kier alpha value is -13.0. The van der Waals surface area contributed by atoms with Crippen LogP contribution in [0.5, 0.6) is 0 Å². The molecule has 4 atom stereocenters. The van der Waals surface area contributed by atoms with Gasteiger partial charge in [-0.05, 0) is 180 Å². The number of benzene rings is 6. The minimum Gasteiger partial charge on any atom is -0.361 e. The standard InChI is InChI=1S/C12H13N.2C9H7N.C8H6N2.3C8H7N.C7H5N3.C7H6N2.C7H7NS.C6H6N2S/c1-2-7-12-10(5-1)9-11-6-3-4-8-13(11)12;2*1-2-6-9-8(4-1)5-3-7-10-9;1-2-4-8-7(3-1)5-9-6-10-8;1-2-6-9-7-3-5-8(9)4-1;2*1-2-4-8-7(3-1)5-6-9-8;1-2-6-7(9-3-1)4-8-5-10-6;1-3-7-4-2-6-9(7)8-5-1;1-2-6-3-5-9-7(6)8-4-1;1-2-9-6-3-7-4-8-5(1)6/h1-2,5,7,9H,3-4,6,8H2;2*1-7H;1-6H;1-7H;2*1-6,9H;1-5H;1-6H;1-7H;1-6H. The third kappa shape index (κ3) is 21.1. The van der Waals surface area contributed by atoms with Crippen LogP contribution >= 0.6 is 23.5 Å². The fourth-order valence-corrected chi connectivity index (χ4v) is 13.7. The Morgan fingerprint density at radius 3 is 1.66 bits per heavy atom. The van der Waals surface area contributed by atoms with Crippen molar-refractivity contribution in [3.8, 4) is 0 Å². The molecule has 12 aromatic heterocycles. The molecular weight excluding hydrogens is 1360 g/mol. The lowest BCUT2D eigenvalue weighted by Crippen LogP contribution is -2.19. The van der Waals surface area contributed by atoms with E-state index in [9.17, 15) is 0 Å². The zero-order chi connectivity index (χ0) is 72.5. The maximum Gasteiger partial charge on any atom is 0.116 e. The van der Waals surface area contributed by atoms with Crippen molar-refractivity contribution < 1.29 is 0 Å². The van der Waals surface area contributed by atoms with E-state index in [1.54, 1.807) is 54.8 Å². The Balaban J connectivity index is 0.000000104. The normalized spacial score (nSPS) is 15.4. The molecule has 4 unspecified atom stereocenters. The van der Waals surface area contributed by atoms with E-state index < -0.39 is 0 Å². The summed E-state index contributed by atoms with van der Waals surface area (Å²) in [6.45, 7) is 1.21. The number of rotatable bonds is 0. The summed E-state index contributed by atoms with van der Waals surface area (Å²) in [5, 5.41) is 16.6. The first-order valence-corrected chi connectivity index (χ1v) is 37.2. The molecule has 18 aromatic rings. The van der Waals surface area contributed by atoms with Gasteiger partial charge in [0, 0.05) is 131 Å². The maximum absolute atomic E-state index is 4.28. The van der Waals surface area contributed by atoms with Crippen LogP contribution in [0, 0.1) is 5.92 Å². The molecule has 0 saturated carbocycles. The molecule has 23 rings (SSSR count). The number of hydrogen-bond acceptors (Lipinski definition) is 13. The molecule has 0 saturated heterocycles. The predicted octanol–water partition coefficient (Wildman–Crippen LogP) is 20.6. The number of aliphatic imine (C=N–C) groups is 3. The Morgan fingerprint density at radius 1 is 0.421 bits per heavy atom. The number of pyridine rings is 4. The number of H-pyrrole nitrogens is 2. The predicted molar refractivity (Wildman–Crippen MR) is 447 cm³/mol. The minimum absolute atomic E-state index is 0.368. The zero-order valence-corrected chi connectivity index (χ0v) is 60.3. The number of allylic oxidation sites excluding steroid dienone is 1. The van der Waals surface area contributed by atoms with Crippen molar-refractivity contribution in [3.05, 3.63) is 376 Å². The van der Waals surface area contributed by atoms with Crippen LogP contribution < -0.4 is 0 Å². The first-order chi connectivity index (χ1) is 53.1. The second-order valence-corrected chi connectivity index (χ2v) is 26.5. The Morgan fingerprint density at radius 2 is 0.981 bits per heavy atom. The molecule has 0 aliphatic carbocycles. The molecule has 6 aromatic carbocycles. The highest BCUT2D eigenvalue weighted by Crippen LogP contribution is 2.33. The first-order valence-electron chi connectivity index (χ1n) is 35.3. The molecule has 17 heterocycles. The second kappa shape index (κ2) is 39.0. The van der Waals surface area contributed by atoms with Crippen molar-refractivity contribution in [3.63, 3.8) is 0 Å². The van der Waals surface area contributed by atoms with Gasteiger partial charge in [0.25, 0.3) is 0 Å². The van der Waals surface area contributed by atoms with Gasteiger partial charge in [-0.15, -0.1) is 23.5 Å². The van der Waals surface area contributed by atoms with Gasteiger partial charge >= 0.3 is 0 Å². The molecule has 18 heteroatoms. The van der Waals surface area contributed by atoms with E-state index in [4.69, 9.17) is 0 Å². The van der Waals surface area contributed by atoms with Crippen LogP contribution in [0.3, 0.4) is 0 Å². The van der Waals surface area contributed by atoms with E-state index in [-0.39, 0.29) is 0 Å². The quantitative estimate of drug-likeness (QED) is 0.148. The van der Waals surface area contributed by atoms with Gasteiger partial charge in [-0.25, -0.2) is 29.4 Å². The highest BCUT2D eigenvalue weighted by molar-refractivity contribution is 8.03. The van der Waals surface area contributed by atoms with Crippen molar-refractivity contribution in [1.82, 2.24) is 63.4 Å². The summed E-state index contributed by atoms with van der Waals surface area (Å²) in [7, 11) is 0. The van der Waals surface area contributed by atoms with Crippen LogP contribution in [0.15, 0.2) is 386 Å². The number of aromatic nitrogens is 13.